The van der Waals surface area contributed by atoms with Gasteiger partial charge in [0.2, 0.25) is 0 Å². The number of oxazole rings is 1. The Balaban J connectivity index is 0.000000128. The van der Waals surface area contributed by atoms with Gasteiger partial charge >= 0.3 is 0 Å². The highest BCUT2D eigenvalue weighted by Crippen LogP contribution is 2.16. The molecule has 86 valence electrons. The number of hydrogen-bond donors (Lipinski definition) is 2. The van der Waals surface area contributed by atoms with Gasteiger partial charge < -0.3 is 15.3 Å². The number of benzene rings is 2. The number of nitrogen functional groups attached to an aromatic ring is 1. The van der Waals surface area contributed by atoms with Gasteiger partial charge in [-0.25, -0.2) is 4.98 Å². The minimum Gasteiger partial charge on any atom is -0.506 e. The zero-order valence-corrected chi connectivity index (χ0v) is 9.08. The monoisotopic (exact) mass is 228 g/mol. The first-order chi connectivity index (χ1) is 8.27. The molecule has 4 heteroatoms. The Hall–Kier alpha value is -2.49. The highest BCUT2D eigenvalue weighted by Gasteiger charge is 1.91. The van der Waals surface area contributed by atoms with Gasteiger partial charge in [-0.3, -0.25) is 0 Å². The zero-order chi connectivity index (χ0) is 12.1. The van der Waals surface area contributed by atoms with E-state index in [2.05, 4.69) is 4.98 Å². The summed E-state index contributed by atoms with van der Waals surface area (Å²) in [6.07, 6.45) is 1.45. The average molecular weight is 228 g/mol. The van der Waals surface area contributed by atoms with Crippen molar-refractivity contribution in [3.63, 3.8) is 0 Å². The molecule has 0 atom stereocenters. The number of para-hydroxylation sites is 4. The van der Waals surface area contributed by atoms with Crippen LogP contribution in [0.3, 0.4) is 0 Å². The second-order valence-corrected chi connectivity index (χ2v) is 3.38. The van der Waals surface area contributed by atoms with E-state index in [-0.39, 0.29) is 5.75 Å². The first-order valence-electron chi connectivity index (χ1n) is 5.09. The zero-order valence-electron chi connectivity index (χ0n) is 9.08. The molecule has 4 nitrogen and oxygen atoms in total. The SMILES string of the molecule is Nc1ccccc1O.c1ccc2ocnc2c1. The van der Waals surface area contributed by atoms with E-state index >= 15 is 0 Å². The highest BCUT2D eigenvalue weighted by atomic mass is 16.3. The number of rotatable bonds is 0. The molecule has 2 aromatic carbocycles. The van der Waals surface area contributed by atoms with Crippen molar-refractivity contribution in [2.24, 2.45) is 0 Å². The Bertz CT molecular complexity index is 554. The molecule has 0 bridgehead atoms. The van der Waals surface area contributed by atoms with E-state index in [4.69, 9.17) is 15.3 Å². The van der Waals surface area contributed by atoms with Crippen molar-refractivity contribution in [2.45, 2.75) is 0 Å². The lowest BCUT2D eigenvalue weighted by Gasteiger charge is -1.92. The molecule has 0 saturated carbocycles. The molecular formula is C13H12N2O2. The van der Waals surface area contributed by atoms with Crippen molar-refractivity contribution < 1.29 is 9.52 Å². The topological polar surface area (TPSA) is 72.3 Å². The van der Waals surface area contributed by atoms with Gasteiger partial charge in [0, 0.05) is 0 Å². The van der Waals surface area contributed by atoms with E-state index < -0.39 is 0 Å². The smallest absolute Gasteiger partial charge is 0.181 e. The molecule has 0 aliphatic carbocycles. The van der Waals surface area contributed by atoms with Crippen molar-refractivity contribution >= 4 is 16.8 Å². The van der Waals surface area contributed by atoms with Crippen molar-refractivity contribution in [1.29, 1.82) is 0 Å². The number of anilines is 1. The van der Waals surface area contributed by atoms with Crippen LogP contribution in [0.15, 0.2) is 59.3 Å². The molecule has 0 radical (unpaired) electrons. The summed E-state index contributed by atoms with van der Waals surface area (Å²) in [4.78, 5) is 3.95. The summed E-state index contributed by atoms with van der Waals surface area (Å²) in [5.74, 6) is 0.146. The van der Waals surface area contributed by atoms with Crippen LogP contribution in [0.2, 0.25) is 0 Å². The molecule has 3 N–H and O–H groups in total. The standard InChI is InChI=1S/C7H5NO.C6H7NO/c1-2-4-7-6(3-1)8-5-9-7;7-5-3-1-2-4-6(5)8/h1-5H;1-4,8H,7H2. The third-order valence-corrected chi connectivity index (χ3v) is 2.17. The molecule has 1 heterocycles. The van der Waals surface area contributed by atoms with Gasteiger partial charge in [-0.15, -0.1) is 0 Å². The van der Waals surface area contributed by atoms with Gasteiger partial charge in [0.15, 0.2) is 12.0 Å². The maximum absolute atomic E-state index is 8.79. The molecule has 17 heavy (non-hydrogen) atoms. The highest BCUT2D eigenvalue weighted by molar-refractivity contribution is 5.71. The molecule has 0 amide bonds. The number of fused-ring (bicyclic) bond motifs is 1. The molecule has 0 aliphatic heterocycles. The van der Waals surface area contributed by atoms with E-state index in [1.807, 2.05) is 24.3 Å². The van der Waals surface area contributed by atoms with E-state index in [9.17, 15) is 0 Å². The molecule has 3 rings (SSSR count). The molecule has 3 aromatic rings. The molecular weight excluding hydrogens is 216 g/mol. The number of nitrogens with two attached hydrogens (primary N) is 1. The lowest BCUT2D eigenvalue weighted by molar-refractivity contribution is 0.478. The predicted octanol–water partition coefficient (Wildman–Crippen LogP) is 2.80. The second-order valence-electron chi connectivity index (χ2n) is 3.38. The molecule has 0 spiro atoms. The van der Waals surface area contributed by atoms with Gasteiger partial charge in [0.05, 0.1) is 5.69 Å². The van der Waals surface area contributed by atoms with Crippen LogP contribution in [0, 0.1) is 0 Å². The maximum Gasteiger partial charge on any atom is 0.181 e. The molecule has 0 saturated heterocycles. The molecule has 0 fully saturated rings. The van der Waals surface area contributed by atoms with Gasteiger partial charge in [-0.05, 0) is 24.3 Å². The summed E-state index contributed by atoms with van der Waals surface area (Å²) >= 11 is 0. The van der Waals surface area contributed by atoms with Crippen molar-refractivity contribution in [3.8, 4) is 5.75 Å². The number of nitrogens with zero attached hydrogens (tertiary/aromatic N) is 1. The molecule has 0 aliphatic rings. The lowest BCUT2D eigenvalue weighted by Crippen LogP contribution is -1.82. The first kappa shape index (κ1) is 11.0. The average Bonchev–Trinajstić information content (AvgIpc) is 2.82. The fourth-order valence-electron chi connectivity index (χ4n) is 1.29. The Morgan fingerprint density at radius 2 is 1.71 bits per heavy atom. The number of phenols is 1. The third-order valence-electron chi connectivity index (χ3n) is 2.17. The van der Waals surface area contributed by atoms with Crippen LogP contribution in [0.25, 0.3) is 11.1 Å². The summed E-state index contributed by atoms with van der Waals surface area (Å²) < 4.78 is 5.01. The second kappa shape index (κ2) is 5.03. The Morgan fingerprint density at radius 3 is 2.35 bits per heavy atom. The summed E-state index contributed by atoms with van der Waals surface area (Å²) in [5, 5.41) is 8.79. The minimum atomic E-state index is 0.146. The van der Waals surface area contributed by atoms with Crippen LogP contribution in [0.5, 0.6) is 5.75 Å². The summed E-state index contributed by atoms with van der Waals surface area (Å²) in [7, 11) is 0. The van der Waals surface area contributed by atoms with E-state index in [0.717, 1.165) is 11.1 Å². The van der Waals surface area contributed by atoms with Crippen molar-refractivity contribution in [3.05, 3.63) is 54.9 Å². The van der Waals surface area contributed by atoms with E-state index in [1.54, 1.807) is 24.3 Å². The van der Waals surface area contributed by atoms with Crippen LogP contribution in [-0.2, 0) is 0 Å². The van der Waals surface area contributed by atoms with Crippen LogP contribution in [-0.4, -0.2) is 10.1 Å². The minimum absolute atomic E-state index is 0.146. The summed E-state index contributed by atoms with van der Waals surface area (Å²) in [6, 6.07) is 14.4. The Labute approximate surface area is 98.3 Å². The molecule has 1 aromatic heterocycles. The van der Waals surface area contributed by atoms with Crippen molar-refractivity contribution in [1.82, 2.24) is 4.98 Å². The number of hydrogen-bond acceptors (Lipinski definition) is 4. The van der Waals surface area contributed by atoms with Gasteiger partial charge in [0.1, 0.15) is 11.3 Å². The lowest BCUT2D eigenvalue weighted by atomic mass is 10.3. The first-order valence-corrected chi connectivity index (χ1v) is 5.09. The van der Waals surface area contributed by atoms with E-state index in [1.165, 1.54) is 6.39 Å². The summed E-state index contributed by atoms with van der Waals surface area (Å²) in [6.45, 7) is 0. The van der Waals surface area contributed by atoms with Crippen molar-refractivity contribution in [2.75, 3.05) is 5.73 Å². The van der Waals surface area contributed by atoms with Crippen LogP contribution < -0.4 is 5.73 Å². The van der Waals surface area contributed by atoms with Crippen LogP contribution in [0.1, 0.15) is 0 Å². The number of aromatic hydroxyl groups is 1. The Morgan fingerprint density at radius 1 is 1.00 bits per heavy atom. The van der Waals surface area contributed by atoms with Crippen LogP contribution >= 0.6 is 0 Å². The summed E-state index contributed by atoms with van der Waals surface area (Å²) in [5.41, 5.74) is 7.45. The number of phenolic OH excluding ortho intramolecular Hbond substituents is 1. The fourth-order valence-corrected chi connectivity index (χ4v) is 1.29. The Kier molecular flexibility index (Phi) is 3.25. The van der Waals surface area contributed by atoms with Gasteiger partial charge in [-0.2, -0.15) is 0 Å². The number of aromatic nitrogens is 1. The van der Waals surface area contributed by atoms with Crippen LogP contribution in [0.4, 0.5) is 5.69 Å². The predicted molar refractivity (Wildman–Crippen MR) is 66.5 cm³/mol. The fraction of sp³-hybridized carbons (Fsp3) is 0. The largest absolute Gasteiger partial charge is 0.506 e. The van der Waals surface area contributed by atoms with E-state index in [0.29, 0.717) is 5.69 Å². The normalized spacial score (nSPS) is 9.65. The van der Waals surface area contributed by atoms with Gasteiger partial charge in [-0.1, -0.05) is 24.3 Å². The maximum atomic E-state index is 8.79. The quantitative estimate of drug-likeness (QED) is 0.458. The van der Waals surface area contributed by atoms with Gasteiger partial charge in [0.25, 0.3) is 0 Å². The molecule has 0 unspecified atom stereocenters. The third kappa shape index (κ3) is 2.75.